The van der Waals surface area contributed by atoms with Gasteiger partial charge in [-0.25, -0.2) is 4.79 Å². The van der Waals surface area contributed by atoms with Crippen LogP contribution in [0, 0.1) is 6.92 Å². The van der Waals surface area contributed by atoms with Gasteiger partial charge in [0, 0.05) is 5.69 Å². The summed E-state index contributed by atoms with van der Waals surface area (Å²) < 4.78 is 4.50. The third-order valence-corrected chi connectivity index (χ3v) is 1.98. The molecular formula is C8H8ClNO3. The number of aldehydes is 1. The number of aromatic nitrogens is 1. The number of rotatable bonds is 2. The van der Waals surface area contributed by atoms with Crippen LogP contribution in [0.3, 0.4) is 0 Å². The van der Waals surface area contributed by atoms with Crippen LogP contribution in [0.2, 0.25) is 5.15 Å². The van der Waals surface area contributed by atoms with Gasteiger partial charge in [-0.2, -0.15) is 0 Å². The number of H-pyrrole nitrogens is 1. The Bertz CT molecular complexity index is 357. The van der Waals surface area contributed by atoms with Crippen molar-refractivity contribution in [2.45, 2.75) is 6.92 Å². The first-order valence-electron chi connectivity index (χ1n) is 3.53. The van der Waals surface area contributed by atoms with Crippen molar-refractivity contribution >= 4 is 23.9 Å². The molecule has 4 nitrogen and oxygen atoms in total. The largest absolute Gasteiger partial charge is 0.465 e. The second-order valence-electron chi connectivity index (χ2n) is 2.46. The zero-order chi connectivity index (χ0) is 10.0. The lowest BCUT2D eigenvalue weighted by Gasteiger charge is -1.97. The molecule has 70 valence electrons. The number of hydrogen-bond acceptors (Lipinski definition) is 3. The van der Waals surface area contributed by atoms with Crippen LogP contribution in [0.4, 0.5) is 0 Å². The molecule has 1 N–H and O–H groups in total. The smallest absolute Gasteiger partial charge is 0.340 e. The number of methoxy groups -OCH3 is 1. The summed E-state index contributed by atoms with van der Waals surface area (Å²) in [5.74, 6) is -0.567. The molecule has 0 aliphatic rings. The quantitative estimate of drug-likeness (QED) is 0.584. The van der Waals surface area contributed by atoms with Gasteiger partial charge in [-0.15, -0.1) is 0 Å². The summed E-state index contributed by atoms with van der Waals surface area (Å²) in [4.78, 5) is 24.4. The average molecular weight is 202 g/mol. The fourth-order valence-corrected chi connectivity index (χ4v) is 1.36. The highest BCUT2D eigenvalue weighted by Crippen LogP contribution is 2.21. The van der Waals surface area contributed by atoms with E-state index in [2.05, 4.69) is 9.72 Å². The summed E-state index contributed by atoms with van der Waals surface area (Å²) in [6, 6.07) is 0. The summed E-state index contributed by atoms with van der Waals surface area (Å²) in [6.45, 7) is 1.64. The van der Waals surface area contributed by atoms with Crippen molar-refractivity contribution in [3.05, 3.63) is 22.0 Å². The third-order valence-electron chi connectivity index (χ3n) is 1.69. The molecule has 1 aromatic rings. The molecule has 13 heavy (non-hydrogen) atoms. The highest BCUT2D eigenvalue weighted by atomic mass is 35.5. The van der Waals surface area contributed by atoms with Gasteiger partial charge >= 0.3 is 5.97 Å². The number of aromatic amines is 1. The van der Waals surface area contributed by atoms with Crippen molar-refractivity contribution in [1.29, 1.82) is 0 Å². The fourth-order valence-electron chi connectivity index (χ4n) is 1.08. The molecule has 0 amide bonds. The summed E-state index contributed by atoms with van der Waals surface area (Å²) in [5, 5.41) is 0.160. The van der Waals surface area contributed by atoms with Gasteiger partial charge in [-0.3, -0.25) is 4.79 Å². The van der Waals surface area contributed by atoms with Crippen molar-refractivity contribution in [3.63, 3.8) is 0 Å². The maximum Gasteiger partial charge on any atom is 0.340 e. The summed E-state index contributed by atoms with van der Waals surface area (Å²) in [5.41, 5.74) is 0.868. The fraction of sp³-hybridized carbons (Fsp3) is 0.250. The van der Waals surface area contributed by atoms with Crippen molar-refractivity contribution in [2.75, 3.05) is 7.11 Å². The van der Waals surface area contributed by atoms with Crippen LogP contribution >= 0.6 is 11.6 Å². The van der Waals surface area contributed by atoms with Gasteiger partial charge in [0.2, 0.25) is 0 Å². The second-order valence-corrected chi connectivity index (χ2v) is 2.84. The van der Waals surface area contributed by atoms with Gasteiger partial charge in [0.1, 0.15) is 5.15 Å². The number of halogens is 1. The lowest BCUT2D eigenvalue weighted by atomic mass is 10.2. The van der Waals surface area contributed by atoms with Crippen molar-refractivity contribution in [2.24, 2.45) is 0 Å². The van der Waals surface area contributed by atoms with Crippen LogP contribution in [0.25, 0.3) is 0 Å². The lowest BCUT2D eigenvalue weighted by molar-refractivity contribution is 0.0598. The molecule has 0 aromatic carbocycles. The minimum atomic E-state index is -0.567. The predicted molar refractivity (Wildman–Crippen MR) is 47.3 cm³/mol. The van der Waals surface area contributed by atoms with E-state index in [9.17, 15) is 9.59 Å². The molecule has 0 unspecified atom stereocenters. The highest BCUT2D eigenvalue weighted by Gasteiger charge is 2.19. The van der Waals surface area contributed by atoms with Crippen LogP contribution in [0.1, 0.15) is 26.4 Å². The summed E-state index contributed by atoms with van der Waals surface area (Å²) >= 11 is 5.66. The third kappa shape index (κ3) is 1.58. The molecule has 0 aliphatic carbocycles. The van der Waals surface area contributed by atoms with Gasteiger partial charge in [0.05, 0.1) is 18.2 Å². The zero-order valence-corrected chi connectivity index (χ0v) is 7.94. The van der Waals surface area contributed by atoms with Crippen molar-refractivity contribution in [1.82, 2.24) is 4.98 Å². The second kappa shape index (κ2) is 3.62. The normalized spacial score (nSPS) is 9.77. The van der Waals surface area contributed by atoms with E-state index in [1.807, 2.05) is 0 Å². The Hall–Kier alpha value is -1.29. The summed E-state index contributed by atoms with van der Waals surface area (Å²) in [6.07, 6.45) is 0.526. The van der Waals surface area contributed by atoms with E-state index in [0.29, 0.717) is 12.0 Å². The number of carbonyl (C=O) groups is 2. The highest BCUT2D eigenvalue weighted by molar-refractivity contribution is 6.32. The number of aryl methyl sites for hydroxylation is 1. The molecule has 0 radical (unpaired) electrons. The van der Waals surface area contributed by atoms with E-state index in [1.165, 1.54) is 7.11 Å². The lowest BCUT2D eigenvalue weighted by Crippen LogP contribution is -2.04. The molecule has 0 atom stereocenters. The first-order valence-corrected chi connectivity index (χ1v) is 3.91. The molecule has 1 aromatic heterocycles. The summed E-state index contributed by atoms with van der Waals surface area (Å²) in [7, 11) is 1.25. The maximum atomic E-state index is 11.2. The van der Waals surface area contributed by atoms with Crippen molar-refractivity contribution < 1.29 is 14.3 Å². The zero-order valence-electron chi connectivity index (χ0n) is 7.18. The Morgan fingerprint density at radius 3 is 2.69 bits per heavy atom. The first-order chi connectivity index (χ1) is 6.11. The standard InChI is InChI=1S/C8H8ClNO3/c1-4-6(8(12)13-2)5(3-11)7(9)10-4/h3,10H,1-2H3. The molecular weight excluding hydrogens is 194 g/mol. The Balaban J connectivity index is 3.32. The minimum absolute atomic E-state index is 0.144. The van der Waals surface area contributed by atoms with Gasteiger partial charge in [0.25, 0.3) is 0 Å². The predicted octanol–water partition coefficient (Wildman–Crippen LogP) is 1.58. The molecule has 0 fully saturated rings. The molecule has 5 heteroatoms. The van der Waals surface area contributed by atoms with E-state index in [0.717, 1.165) is 0 Å². The molecule has 1 heterocycles. The number of nitrogens with one attached hydrogen (secondary N) is 1. The Kier molecular flexibility index (Phi) is 2.72. The molecule has 0 spiro atoms. The Morgan fingerprint density at radius 1 is 1.62 bits per heavy atom. The molecule has 0 bridgehead atoms. The van der Waals surface area contributed by atoms with E-state index >= 15 is 0 Å². The molecule has 1 rings (SSSR count). The van der Waals surface area contributed by atoms with Gasteiger partial charge in [-0.1, -0.05) is 11.6 Å². The number of ether oxygens (including phenoxy) is 1. The topological polar surface area (TPSA) is 59.2 Å². The van der Waals surface area contributed by atoms with E-state index in [-0.39, 0.29) is 16.3 Å². The average Bonchev–Trinajstić information content (AvgIpc) is 2.39. The van der Waals surface area contributed by atoms with Gasteiger partial charge < -0.3 is 9.72 Å². The van der Waals surface area contributed by atoms with Gasteiger partial charge in [0.15, 0.2) is 6.29 Å². The maximum absolute atomic E-state index is 11.2. The first kappa shape index (κ1) is 9.80. The molecule has 0 saturated heterocycles. The minimum Gasteiger partial charge on any atom is -0.465 e. The number of hydrogen-bond donors (Lipinski definition) is 1. The van der Waals surface area contributed by atoms with Crippen LogP contribution in [-0.4, -0.2) is 24.3 Å². The monoisotopic (exact) mass is 201 g/mol. The van der Waals surface area contributed by atoms with E-state index < -0.39 is 5.97 Å². The van der Waals surface area contributed by atoms with Crippen LogP contribution in [-0.2, 0) is 4.74 Å². The molecule has 0 aliphatic heterocycles. The van der Waals surface area contributed by atoms with E-state index in [1.54, 1.807) is 6.92 Å². The van der Waals surface area contributed by atoms with Gasteiger partial charge in [-0.05, 0) is 6.92 Å². The van der Waals surface area contributed by atoms with Crippen LogP contribution in [0.5, 0.6) is 0 Å². The van der Waals surface area contributed by atoms with Crippen molar-refractivity contribution in [3.8, 4) is 0 Å². The van der Waals surface area contributed by atoms with Crippen LogP contribution < -0.4 is 0 Å². The SMILES string of the molecule is COC(=O)c1c(C)[nH]c(Cl)c1C=O. The molecule has 0 saturated carbocycles. The Labute approximate surface area is 79.8 Å². The number of carbonyl (C=O) groups excluding carboxylic acids is 2. The van der Waals surface area contributed by atoms with Crippen LogP contribution in [0.15, 0.2) is 0 Å². The van der Waals surface area contributed by atoms with E-state index in [4.69, 9.17) is 11.6 Å². The number of esters is 1. The Morgan fingerprint density at radius 2 is 2.23 bits per heavy atom.